The van der Waals surface area contributed by atoms with Crippen LogP contribution in [0.4, 0.5) is 5.69 Å². The lowest BCUT2D eigenvalue weighted by molar-refractivity contribution is -0.142. The lowest BCUT2D eigenvalue weighted by Gasteiger charge is -2.43. The fourth-order valence-electron chi connectivity index (χ4n) is 5.66. The molecule has 172 valence electrons. The number of nitrogens with one attached hydrogen (secondary N) is 2. The summed E-state index contributed by atoms with van der Waals surface area (Å²) in [5.41, 5.74) is 14.0. The summed E-state index contributed by atoms with van der Waals surface area (Å²) in [5.74, 6) is -1.33. The van der Waals surface area contributed by atoms with Crippen molar-refractivity contribution in [1.82, 2.24) is 10.9 Å². The topological polar surface area (TPSA) is 106 Å². The summed E-state index contributed by atoms with van der Waals surface area (Å²) in [5, 5.41) is 0. The van der Waals surface area contributed by atoms with E-state index in [2.05, 4.69) is 17.8 Å². The van der Waals surface area contributed by atoms with Gasteiger partial charge in [-0.2, -0.15) is 0 Å². The lowest BCUT2D eigenvalue weighted by atomic mass is 9.61. The fraction of sp³-hybridized carbons (Fsp3) is 0.360. The Kier molecular flexibility index (Phi) is 5.34. The van der Waals surface area contributed by atoms with Crippen molar-refractivity contribution in [2.75, 3.05) is 12.0 Å². The molecule has 4 atom stereocenters. The van der Waals surface area contributed by atoms with Crippen LogP contribution < -0.4 is 21.5 Å². The molecule has 4 N–H and O–H groups in total. The van der Waals surface area contributed by atoms with E-state index in [1.54, 1.807) is 4.90 Å². The number of para-hydroxylation sites is 1. The Morgan fingerprint density at radius 2 is 1.88 bits per heavy atom. The number of anilines is 1. The Bertz CT molecular complexity index is 1120. The van der Waals surface area contributed by atoms with Gasteiger partial charge in [-0.1, -0.05) is 61.9 Å². The van der Waals surface area contributed by atoms with Crippen molar-refractivity contribution < 1.29 is 19.1 Å². The van der Waals surface area contributed by atoms with Crippen LogP contribution in [0.3, 0.4) is 0 Å². The molecular formula is C25H28N4O4. The van der Waals surface area contributed by atoms with Crippen molar-refractivity contribution in [1.29, 1.82) is 0 Å². The number of methoxy groups -OCH3 is 1. The number of esters is 1. The van der Waals surface area contributed by atoms with Crippen LogP contribution in [-0.2, 0) is 31.0 Å². The smallest absolute Gasteiger partial charge is 0.340 e. The molecule has 3 aliphatic rings. The van der Waals surface area contributed by atoms with Gasteiger partial charge in [0.15, 0.2) is 12.1 Å². The van der Waals surface area contributed by atoms with Crippen molar-refractivity contribution in [3.63, 3.8) is 0 Å². The Morgan fingerprint density at radius 3 is 2.61 bits per heavy atom. The van der Waals surface area contributed by atoms with Crippen molar-refractivity contribution in [3.05, 3.63) is 77.2 Å². The summed E-state index contributed by atoms with van der Waals surface area (Å²) in [6.45, 7) is 2.47. The molecule has 4 unspecified atom stereocenters. The van der Waals surface area contributed by atoms with Gasteiger partial charge in [-0.25, -0.2) is 10.2 Å². The first-order valence-electron chi connectivity index (χ1n) is 11.3. The van der Waals surface area contributed by atoms with Crippen molar-refractivity contribution in [3.8, 4) is 0 Å². The molecule has 3 heterocycles. The molecule has 3 aliphatic heterocycles. The average Bonchev–Trinajstić information content (AvgIpc) is 3.33. The SMILES string of the molecule is CCCC1NNC2OC(N)=C(C(=O)OC)C3(C(=O)N(Cc4ccccc4)c4ccccc43)C12. The summed E-state index contributed by atoms with van der Waals surface area (Å²) < 4.78 is 11.1. The van der Waals surface area contributed by atoms with E-state index < -0.39 is 23.5 Å². The minimum atomic E-state index is -1.33. The molecule has 1 spiro atoms. The van der Waals surface area contributed by atoms with Crippen LogP contribution >= 0.6 is 0 Å². The lowest BCUT2D eigenvalue weighted by Crippen LogP contribution is -2.58. The Labute approximate surface area is 192 Å². The number of hydrogen-bond acceptors (Lipinski definition) is 7. The largest absolute Gasteiger partial charge is 0.465 e. The number of hydrazine groups is 1. The van der Waals surface area contributed by atoms with Gasteiger partial charge < -0.3 is 20.1 Å². The van der Waals surface area contributed by atoms with E-state index >= 15 is 0 Å². The third-order valence-electron chi connectivity index (χ3n) is 6.94. The van der Waals surface area contributed by atoms with Gasteiger partial charge in [0.1, 0.15) is 11.0 Å². The molecule has 1 fully saturated rings. The zero-order valence-corrected chi connectivity index (χ0v) is 18.7. The number of fused-ring (bicyclic) bond motifs is 4. The fourth-order valence-corrected chi connectivity index (χ4v) is 5.66. The van der Waals surface area contributed by atoms with Crippen LogP contribution in [0, 0.1) is 5.92 Å². The molecule has 1 amide bonds. The van der Waals surface area contributed by atoms with Gasteiger partial charge in [-0.3, -0.25) is 10.2 Å². The monoisotopic (exact) mass is 448 g/mol. The molecule has 1 saturated heterocycles. The third kappa shape index (κ3) is 3.05. The van der Waals surface area contributed by atoms with E-state index in [1.165, 1.54) is 7.11 Å². The highest BCUT2D eigenvalue weighted by atomic mass is 16.5. The quantitative estimate of drug-likeness (QED) is 0.601. The van der Waals surface area contributed by atoms with Gasteiger partial charge >= 0.3 is 5.97 Å². The summed E-state index contributed by atoms with van der Waals surface area (Å²) in [7, 11) is 1.30. The normalized spacial score (nSPS) is 28.0. The summed E-state index contributed by atoms with van der Waals surface area (Å²) in [6.07, 6.45) is 1.13. The van der Waals surface area contributed by atoms with Crippen LogP contribution in [0.15, 0.2) is 66.1 Å². The van der Waals surface area contributed by atoms with Crippen molar-refractivity contribution in [2.45, 2.75) is 44.0 Å². The molecule has 33 heavy (non-hydrogen) atoms. The zero-order chi connectivity index (χ0) is 23.2. The molecule has 2 aromatic carbocycles. The summed E-state index contributed by atoms with van der Waals surface area (Å²) in [4.78, 5) is 29.4. The summed E-state index contributed by atoms with van der Waals surface area (Å²) in [6, 6.07) is 17.3. The molecule has 5 rings (SSSR count). The number of ether oxygens (including phenoxy) is 2. The maximum Gasteiger partial charge on any atom is 0.340 e. The van der Waals surface area contributed by atoms with E-state index in [0.29, 0.717) is 6.54 Å². The van der Waals surface area contributed by atoms with E-state index in [9.17, 15) is 9.59 Å². The molecule has 0 radical (unpaired) electrons. The van der Waals surface area contributed by atoms with Gasteiger partial charge in [0.05, 0.1) is 19.6 Å². The highest BCUT2D eigenvalue weighted by Gasteiger charge is 2.68. The Hall–Kier alpha value is -3.36. The van der Waals surface area contributed by atoms with Gasteiger partial charge in [0.2, 0.25) is 5.91 Å². The van der Waals surface area contributed by atoms with Crippen LogP contribution in [0.1, 0.15) is 30.9 Å². The highest BCUT2D eigenvalue weighted by Crippen LogP contribution is 2.56. The maximum absolute atomic E-state index is 14.5. The van der Waals surface area contributed by atoms with E-state index in [1.807, 2.05) is 54.6 Å². The van der Waals surface area contributed by atoms with Crippen molar-refractivity contribution in [2.24, 2.45) is 11.7 Å². The number of hydrogen-bond donors (Lipinski definition) is 3. The predicted molar refractivity (Wildman–Crippen MR) is 122 cm³/mol. The van der Waals surface area contributed by atoms with E-state index in [4.69, 9.17) is 15.2 Å². The van der Waals surface area contributed by atoms with Crippen LogP contribution in [0.5, 0.6) is 0 Å². The van der Waals surface area contributed by atoms with E-state index in [-0.39, 0.29) is 23.4 Å². The maximum atomic E-state index is 14.5. The molecule has 0 aromatic heterocycles. The molecule has 2 aromatic rings. The minimum absolute atomic E-state index is 0.0749. The van der Waals surface area contributed by atoms with Gasteiger partial charge in [0.25, 0.3) is 0 Å². The second-order valence-electron chi connectivity index (χ2n) is 8.68. The standard InChI is InChI=1S/C25H28N4O4/c1-3-9-17-19-22(28-27-17)33-21(26)20(23(30)32-2)25(19)16-12-7-8-13-18(16)29(24(25)31)14-15-10-5-4-6-11-15/h4-8,10-13,17,19,22,27-28H,3,9,14,26H2,1-2H3. The first-order valence-corrected chi connectivity index (χ1v) is 11.3. The second-order valence-corrected chi connectivity index (χ2v) is 8.68. The van der Waals surface area contributed by atoms with Crippen LogP contribution in [-0.4, -0.2) is 31.3 Å². The molecule has 8 nitrogen and oxygen atoms in total. The van der Waals surface area contributed by atoms with E-state index in [0.717, 1.165) is 29.7 Å². The number of nitrogens with two attached hydrogens (primary N) is 1. The Morgan fingerprint density at radius 1 is 1.15 bits per heavy atom. The molecular weight excluding hydrogens is 420 g/mol. The second kappa shape index (κ2) is 8.20. The number of carbonyl (C=O) groups is 2. The zero-order valence-electron chi connectivity index (χ0n) is 18.7. The van der Waals surface area contributed by atoms with Crippen LogP contribution in [0.2, 0.25) is 0 Å². The Balaban J connectivity index is 1.75. The minimum Gasteiger partial charge on any atom is -0.465 e. The molecule has 0 aliphatic carbocycles. The van der Waals surface area contributed by atoms with Gasteiger partial charge in [-0.05, 0) is 23.6 Å². The number of nitrogens with zero attached hydrogens (tertiary/aromatic N) is 1. The molecule has 0 saturated carbocycles. The summed E-state index contributed by atoms with van der Waals surface area (Å²) >= 11 is 0. The number of rotatable bonds is 5. The highest BCUT2D eigenvalue weighted by molar-refractivity contribution is 6.16. The molecule has 0 bridgehead atoms. The first-order chi connectivity index (χ1) is 16.0. The van der Waals surface area contributed by atoms with Gasteiger partial charge in [0, 0.05) is 11.7 Å². The number of carbonyl (C=O) groups excluding carboxylic acids is 2. The van der Waals surface area contributed by atoms with Gasteiger partial charge in [-0.15, -0.1) is 0 Å². The first kappa shape index (κ1) is 21.5. The number of benzene rings is 2. The third-order valence-corrected chi connectivity index (χ3v) is 6.94. The average molecular weight is 449 g/mol. The van der Waals surface area contributed by atoms with Crippen molar-refractivity contribution >= 4 is 17.6 Å². The number of amides is 1. The molecule has 8 heteroatoms. The predicted octanol–water partition coefficient (Wildman–Crippen LogP) is 2.06. The van der Waals surface area contributed by atoms with Crippen LogP contribution in [0.25, 0.3) is 0 Å².